The third-order valence-corrected chi connectivity index (χ3v) is 7.09. The summed E-state index contributed by atoms with van der Waals surface area (Å²) in [5.41, 5.74) is 1.71. The largest absolute Gasteiger partial charge is 0.350 e. The van der Waals surface area contributed by atoms with E-state index in [1.807, 2.05) is 42.1 Å². The first kappa shape index (κ1) is 17.4. The van der Waals surface area contributed by atoms with Gasteiger partial charge in [0.05, 0.1) is 17.3 Å². The second-order valence-corrected chi connectivity index (χ2v) is 8.89. The minimum absolute atomic E-state index is 0.384. The van der Waals surface area contributed by atoms with E-state index in [0.29, 0.717) is 4.75 Å². The highest BCUT2D eigenvalue weighted by Gasteiger charge is 2.44. The van der Waals surface area contributed by atoms with Gasteiger partial charge >= 0.3 is 0 Å². The van der Waals surface area contributed by atoms with E-state index in [1.165, 1.54) is 43.7 Å². The highest BCUT2D eigenvalue weighted by atomic mass is 32.2. The number of unbranched alkanes of at least 4 members (excludes halogenated alkanes) is 1. The van der Waals surface area contributed by atoms with Gasteiger partial charge in [0.2, 0.25) is 0 Å². The molecule has 2 aromatic carbocycles. The van der Waals surface area contributed by atoms with E-state index < -0.39 is 0 Å². The fourth-order valence-electron chi connectivity index (χ4n) is 4.18. The second-order valence-electron chi connectivity index (χ2n) is 7.45. The highest BCUT2D eigenvalue weighted by Crippen LogP contribution is 2.48. The molecule has 2 aromatic rings. The van der Waals surface area contributed by atoms with E-state index in [2.05, 4.69) is 24.0 Å². The van der Waals surface area contributed by atoms with Crippen molar-refractivity contribution in [2.75, 3.05) is 13.1 Å². The zero-order valence-electron chi connectivity index (χ0n) is 15.4. The number of nitriles is 1. The SMILES string of the molecule is CCCCN1CC2(CCCC2)SC1=Nc1ccc(C#N)c2ccccc12. The van der Waals surface area contributed by atoms with Crippen LogP contribution in [0.5, 0.6) is 0 Å². The van der Waals surface area contributed by atoms with Gasteiger partial charge in [-0.3, -0.25) is 0 Å². The normalized spacial score (nSPS) is 20.3. The van der Waals surface area contributed by atoms with Gasteiger partial charge < -0.3 is 4.90 Å². The number of aliphatic imine (C=N–C) groups is 1. The van der Waals surface area contributed by atoms with Crippen molar-refractivity contribution in [1.29, 1.82) is 5.26 Å². The number of hydrogen-bond acceptors (Lipinski definition) is 3. The van der Waals surface area contributed by atoms with Gasteiger partial charge in [0.1, 0.15) is 0 Å². The van der Waals surface area contributed by atoms with Crippen molar-refractivity contribution < 1.29 is 0 Å². The van der Waals surface area contributed by atoms with Crippen LogP contribution >= 0.6 is 11.8 Å². The Morgan fingerprint density at radius 3 is 2.65 bits per heavy atom. The van der Waals surface area contributed by atoms with Crippen molar-refractivity contribution in [3.05, 3.63) is 42.0 Å². The maximum Gasteiger partial charge on any atom is 0.165 e. The Balaban J connectivity index is 1.74. The predicted octanol–water partition coefficient (Wildman–Crippen LogP) is 5.86. The average molecular weight is 364 g/mol. The number of amidine groups is 1. The molecule has 1 aliphatic heterocycles. The lowest BCUT2D eigenvalue weighted by Gasteiger charge is -2.22. The summed E-state index contributed by atoms with van der Waals surface area (Å²) in [5.74, 6) is 0. The molecule has 0 N–H and O–H groups in total. The van der Waals surface area contributed by atoms with Gasteiger partial charge in [0, 0.05) is 28.6 Å². The summed E-state index contributed by atoms with van der Waals surface area (Å²) in [6.45, 7) is 4.49. The van der Waals surface area contributed by atoms with E-state index in [1.54, 1.807) is 0 Å². The number of benzene rings is 2. The smallest absolute Gasteiger partial charge is 0.165 e. The number of fused-ring (bicyclic) bond motifs is 1. The Labute approximate surface area is 160 Å². The van der Waals surface area contributed by atoms with Crippen LogP contribution in [-0.4, -0.2) is 27.9 Å². The third kappa shape index (κ3) is 3.21. The molecule has 0 amide bonds. The number of rotatable bonds is 4. The van der Waals surface area contributed by atoms with Crippen molar-refractivity contribution in [3.8, 4) is 6.07 Å². The summed E-state index contributed by atoms with van der Waals surface area (Å²) in [7, 11) is 0. The summed E-state index contributed by atoms with van der Waals surface area (Å²) in [6, 6.07) is 14.3. The Morgan fingerprint density at radius 1 is 1.15 bits per heavy atom. The minimum Gasteiger partial charge on any atom is -0.350 e. The number of nitrogens with zero attached hydrogens (tertiary/aromatic N) is 3. The van der Waals surface area contributed by atoms with Gasteiger partial charge in [0.15, 0.2) is 5.17 Å². The molecule has 3 nitrogen and oxygen atoms in total. The minimum atomic E-state index is 0.384. The summed E-state index contributed by atoms with van der Waals surface area (Å²) in [6.07, 6.45) is 7.75. The Bertz CT molecular complexity index is 875. The zero-order chi connectivity index (χ0) is 18.0. The van der Waals surface area contributed by atoms with E-state index in [-0.39, 0.29) is 0 Å². The Kier molecular flexibility index (Phi) is 4.91. The predicted molar refractivity (Wildman–Crippen MR) is 111 cm³/mol. The van der Waals surface area contributed by atoms with Gasteiger partial charge in [-0.1, -0.05) is 62.2 Å². The fourth-order valence-corrected chi connectivity index (χ4v) is 5.71. The lowest BCUT2D eigenvalue weighted by molar-refractivity contribution is 0.378. The Hall–Kier alpha value is -1.99. The zero-order valence-corrected chi connectivity index (χ0v) is 16.2. The molecule has 2 fully saturated rings. The summed E-state index contributed by atoms with van der Waals surface area (Å²) in [4.78, 5) is 7.62. The third-order valence-electron chi connectivity index (χ3n) is 5.59. The second kappa shape index (κ2) is 7.32. The number of thioether (sulfide) groups is 1. The highest BCUT2D eigenvalue weighted by molar-refractivity contribution is 8.15. The van der Waals surface area contributed by atoms with Crippen molar-refractivity contribution in [2.45, 2.75) is 50.2 Å². The standard InChI is InChI=1S/C22H25N3S/c1-2-3-14-25-16-22(12-6-7-13-22)26-21(25)24-20-11-10-17(15-23)18-8-4-5-9-19(18)20/h4-5,8-11H,2-3,6-7,12-14,16H2,1H3. The Morgan fingerprint density at radius 2 is 1.92 bits per heavy atom. The van der Waals surface area contributed by atoms with Crippen LogP contribution in [0.15, 0.2) is 41.4 Å². The molecule has 26 heavy (non-hydrogen) atoms. The van der Waals surface area contributed by atoms with Crippen molar-refractivity contribution in [2.24, 2.45) is 4.99 Å². The molecule has 0 bridgehead atoms. The topological polar surface area (TPSA) is 39.4 Å². The van der Waals surface area contributed by atoms with Crippen LogP contribution in [0, 0.1) is 11.3 Å². The molecule has 2 aliphatic rings. The van der Waals surface area contributed by atoms with Crippen LogP contribution in [0.25, 0.3) is 10.8 Å². The maximum atomic E-state index is 9.39. The lowest BCUT2D eigenvalue weighted by atomic mass is 10.0. The van der Waals surface area contributed by atoms with Gasteiger partial charge in [-0.15, -0.1) is 0 Å². The summed E-state index contributed by atoms with van der Waals surface area (Å²) < 4.78 is 0.384. The summed E-state index contributed by atoms with van der Waals surface area (Å²) in [5, 5.41) is 12.6. The molecule has 4 rings (SSSR count). The first-order valence-electron chi connectivity index (χ1n) is 9.69. The van der Waals surface area contributed by atoms with Crippen LogP contribution in [0.3, 0.4) is 0 Å². The molecule has 0 atom stereocenters. The van der Waals surface area contributed by atoms with Crippen LogP contribution < -0.4 is 0 Å². The molecule has 0 aromatic heterocycles. The quantitative estimate of drug-likeness (QED) is 0.683. The van der Waals surface area contributed by atoms with Crippen LogP contribution in [0.4, 0.5) is 5.69 Å². The number of hydrogen-bond donors (Lipinski definition) is 0. The molecule has 134 valence electrons. The van der Waals surface area contributed by atoms with Crippen molar-refractivity contribution in [1.82, 2.24) is 4.90 Å². The average Bonchev–Trinajstić information content (AvgIpc) is 3.27. The molecule has 1 saturated carbocycles. The molecule has 0 radical (unpaired) electrons. The summed E-state index contributed by atoms with van der Waals surface area (Å²) >= 11 is 2.00. The molecular formula is C22H25N3S. The fraction of sp³-hybridized carbons (Fsp3) is 0.455. The van der Waals surface area contributed by atoms with E-state index in [9.17, 15) is 5.26 Å². The van der Waals surface area contributed by atoms with Crippen LogP contribution in [0.2, 0.25) is 0 Å². The monoisotopic (exact) mass is 363 g/mol. The molecule has 1 aliphatic carbocycles. The first-order valence-corrected chi connectivity index (χ1v) is 10.5. The molecule has 1 heterocycles. The van der Waals surface area contributed by atoms with E-state index in [4.69, 9.17) is 4.99 Å². The van der Waals surface area contributed by atoms with Gasteiger partial charge in [0.25, 0.3) is 0 Å². The van der Waals surface area contributed by atoms with Gasteiger partial charge in [-0.25, -0.2) is 4.99 Å². The van der Waals surface area contributed by atoms with Crippen LogP contribution in [-0.2, 0) is 0 Å². The molecule has 1 spiro atoms. The van der Waals surface area contributed by atoms with E-state index >= 15 is 0 Å². The van der Waals surface area contributed by atoms with Gasteiger partial charge in [-0.05, 0) is 31.4 Å². The maximum absolute atomic E-state index is 9.39. The van der Waals surface area contributed by atoms with Crippen molar-refractivity contribution in [3.63, 3.8) is 0 Å². The van der Waals surface area contributed by atoms with Crippen LogP contribution in [0.1, 0.15) is 51.0 Å². The first-order chi connectivity index (χ1) is 12.7. The molecule has 0 unspecified atom stereocenters. The van der Waals surface area contributed by atoms with Gasteiger partial charge in [-0.2, -0.15) is 5.26 Å². The molecular weight excluding hydrogens is 338 g/mol. The lowest BCUT2D eigenvalue weighted by Crippen LogP contribution is -2.31. The van der Waals surface area contributed by atoms with Crippen molar-refractivity contribution >= 4 is 33.4 Å². The van der Waals surface area contributed by atoms with E-state index in [0.717, 1.165) is 35.1 Å². The molecule has 4 heteroatoms. The molecule has 1 saturated heterocycles.